The molecule has 0 fully saturated rings. The van der Waals surface area contributed by atoms with Crippen molar-refractivity contribution >= 4 is 24.4 Å². The Morgan fingerprint density at radius 2 is 2.25 bits per heavy atom. The maximum absolute atomic E-state index is 5.68. The summed E-state index contributed by atoms with van der Waals surface area (Å²) in [6.45, 7) is 2.01. The van der Waals surface area contributed by atoms with Crippen molar-refractivity contribution < 1.29 is 0 Å². The summed E-state index contributed by atoms with van der Waals surface area (Å²) in [7, 11) is 0. The smallest absolute Gasteiger partial charge is 0.0344 e. The molecule has 0 saturated heterocycles. The third-order valence-electron chi connectivity index (χ3n) is 1.71. The molecule has 2 heteroatoms. The monoisotopic (exact) mass is 179 g/mol. The maximum Gasteiger partial charge on any atom is 0.0344 e. The molecule has 0 atom stereocenters. The van der Waals surface area contributed by atoms with Crippen LogP contribution in [0.15, 0.2) is 24.3 Å². The first-order valence-electron chi connectivity index (χ1n) is 3.87. The second-order valence-corrected chi connectivity index (χ2v) is 3.07. The van der Waals surface area contributed by atoms with Gasteiger partial charge in [0.2, 0.25) is 0 Å². The van der Waals surface area contributed by atoms with E-state index >= 15 is 0 Å². The minimum absolute atomic E-state index is 0.767. The normalized spacial score (nSPS) is 10.8. The standard InChI is InChI=1S/C10H13NS/c1-8-7-9(3-2-6-12)4-5-10(8)11/h2-5,7,12H,6,11H2,1H3. The van der Waals surface area contributed by atoms with Crippen LogP contribution in [-0.4, -0.2) is 5.75 Å². The summed E-state index contributed by atoms with van der Waals surface area (Å²) in [4.78, 5) is 0. The van der Waals surface area contributed by atoms with Crippen molar-refractivity contribution in [3.8, 4) is 0 Å². The first-order chi connectivity index (χ1) is 5.74. The summed E-state index contributed by atoms with van der Waals surface area (Å²) in [5, 5.41) is 0. The zero-order valence-corrected chi connectivity index (χ0v) is 8.01. The van der Waals surface area contributed by atoms with Gasteiger partial charge in [-0.1, -0.05) is 24.3 Å². The molecule has 0 aliphatic carbocycles. The van der Waals surface area contributed by atoms with Gasteiger partial charge in [-0.2, -0.15) is 12.6 Å². The average molecular weight is 179 g/mol. The van der Waals surface area contributed by atoms with E-state index in [1.54, 1.807) is 0 Å². The van der Waals surface area contributed by atoms with Gasteiger partial charge >= 0.3 is 0 Å². The molecule has 0 spiro atoms. The number of thiol groups is 1. The van der Waals surface area contributed by atoms with Crippen LogP contribution in [-0.2, 0) is 0 Å². The predicted octanol–water partition coefficient (Wildman–Crippen LogP) is 2.52. The molecular formula is C10H13NS. The SMILES string of the molecule is Cc1cc(C=CCS)ccc1N. The Morgan fingerprint density at radius 3 is 2.83 bits per heavy atom. The van der Waals surface area contributed by atoms with Gasteiger partial charge in [0.1, 0.15) is 0 Å². The third kappa shape index (κ3) is 2.31. The summed E-state index contributed by atoms with van der Waals surface area (Å²) in [5.41, 5.74) is 8.82. The van der Waals surface area contributed by atoms with E-state index in [1.807, 2.05) is 31.2 Å². The molecule has 0 radical (unpaired) electrons. The molecule has 0 aliphatic rings. The molecule has 1 aromatic rings. The van der Waals surface area contributed by atoms with Gasteiger partial charge in [0, 0.05) is 11.4 Å². The van der Waals surface area contributed by atoms with E-state index in [2.05, 4.69) is 18.7 Å². The zero-order valence-electron chi connectivity index (χ0n) is 7.12. The van der Waals surface area contributed by atoms with Crippen LogP contribution < -0.4 is 5.73 Å². The molecule has 1 rings (SSSR count). The zero-order chi connectivity index (χ0) is 8.97. The maximum atomic E-state index is 5.68. The second kappa shape index (κ2) is 4.21. The topological polar surface area (TPSA) is 26.0 Å². The van der Waals surface area contributed by atoms with Crippen molar-refractivity contribution in [1.29, 1.82) is 0 Å². The van der Waals surface area contributed by atoms with E-state index in [4.69, 9.17) is 5.73 Å². The van der Waals surface area contributed by atoms with E-state index < -0.39 is 0 Å². The molecule has 0 aromatic heterocycles. The number of nitrogen functional groups attached to an aromatic ring is 1. The molecule has 0 heterocycles. The van der Waals surface area contributed by atoms with E-state index in [0.717, 1.165) is 17.0 Å². The Hall–Kier alpha value is -0.890. The van der Waals surface area contributed by atoms with Gasteiger partial charge in [-0.15, -0.1) is 0 Å². The van der Waals surface area contributed by atoms with Crippen molar-refractivity contribution in [3.63, 3.8) is 0 Å². The fourth-order valence-corrected chi connectivity index (χ4v) is 1.10. The number of nitrogens with two attached hydrogens (primary N) is 1. The summed E-state index contributed by atoms with van der Waals surface area (Å²) in [5.74, 6) is 0.767. The Kier molecular flexibility index (Phi) is 3.23. The average Bonchev–Trinajstić information content (AvgIpc) is 2.07. The van der Waals surface area contributed by atoms with Crippen LogP contribution in [0, 0.1) is 6.92 Å². The van der Waals surface area contributed by atoms with Gasteiger partial charge in [-0.3, -0.25) is 0 Å². The van der Waals surface area contributed by atoms with Gasteiger partial charge in [0.25, 0.3) is 0 Å². The summed E-state index contributed by atoms with van der Waals surface area (Å²) < 4.78 is 0. The number of aryl methyl sites for hydroxylation is 1. The summed E-state index contributed by atoms with van der Waals surface area (Å²) in [6.07, 6.45) is 4.05. The molecular weight excluding hydrogens is 166 g/mol. The Balaban J connectivity index is 2.89. The lowest BCUT2D eigenvalue weighted by atomic mass is 10.1. The van der Waals surface area contributed by atoms with Gasteiger partial charge in [0.05, 0.1) is 0 Å². The number of hydrogen-bond donors (Lipinski definition) is 2. The highest BCUT2D eigenvalue weighted by Gasteiger charge is 1.92. The van der Waals surface area contributed by atoms with E-state index in [0.29, 0.717) is 0 Å². The number of anilines is 1. The molecule has 0 amide bonds. The van der Waals surface area contributed by atoms with Crippen LogP contribution >= 0.6 is 12.6 Å². The molecule has 0 aliphatic heterocycles. The lowest BCUT2D eigenvalue weighted by molar-refractivity contribution is 1.46. The number of hydrogen-bond acceptors (Lipinski definition) is 2. The van der Waals surface area contributed by atoms with Crippen molar-refractivity contribution in [2.75, 3.05) is 11.5 Å². The molecule has 1 aromatic carbocycles. The highest BCUT2D eigenvalue weighted by molar-refractivity contribution is 7.80. The number of benzene rings is 1. The first-order valence-corrected chi connectivity index (χ1v) is 4.51. The van der Waals surface area contributed by atoms with Crippen LogP contribution in [0.4, 0.5) is 5.69 Å². The Morgan fingerprint density at radius 1 is 1.50 bits per heavy atom. The first kappa shape index (κ1) is 9.20. The van der Waals surface area contributed by atoms with Crippen LogP contribution in [0.1, 0.15) is 11.1 Å². The van der Waals surface area contributed by atoms with E-state index in [9.17, 15) is 0 Å². The second-order valence-electron chi connectivity index (χ2n) is 2.70. The molecule has 0 bridgehead atoms. The van der Waals surface area contributed by atoms with Crippen LogP contribution in [0.2, 0.25) is 0 Å². The Labute approximate surface area is 78.7 Å². The van der Waals surface area contributed by atoms with Crippen molar-refractivity contribution in [2.45, 2.75) is 6.92 Å². The minimum Gasteiger partial charge on any atom is -0.399 e. The third-order valence-corrected chi connectivity index (χ3v) is 1.92. The fourth-order valence-electron chi connectivity index (χ4n) is 0.991. The van der Waals surface area contributed by atoms with Crippen molar-refractivity contribution in [3.05, 3.63) is 35.4 Å². The van der Waals surface area contributed by atoms with Crippen molar-refractivity contribution in [1.82, 2.24) is 0 Å². The molecule has 64 valence electrons. The molecule has 0 saturated carbocycles. The highest BCUT2D eigenvalue weighted by atomic mass is 32.1. The van der Waals surface area contributed by atoms with E-state index in [-0.39, 0.29) is 0 Å². The van der Waals surface area contributed by atoms with Gasteiger partial charge in [0.15, 0.2) is 0 Å². The quantitative estimate of drug-likeness (QED) is 0.529. The van der Waals surface area contributed by atoms with Crippen molar-refractivity contribution in [2.24, 2.45) is 0 Å². The molecule has 2 N–H and O–H groups in total. The van der Waals surface area contributed by atoms with Crippen LogP contribution in [0.5, 0.6) is 0 Å². The molecule has 0 unspecified atom stereocenters. The minimum atomic E-state index is 0.767. The Bertz CT molecular complexity index is 292. The fraction of sp³-hybridized carbons (Fsp3) is 0.200. The summed E-state index contributed by atoms with van der Waals surface area (Å²) >= 11 is 4.09. The van der Waals surface area contributed by atoms with Gasteiger partial charge in [-0.05, 0) is 24.1 Å². The van der Waals surface area contributed by atoms with Gasteiger partial charge < -0.3 is 5.73 Å². The lowest BCUT2D eigenvalue weighted by Gasteiger charge is -2.00. The molecule has 1 nitrogen and oxygen atoms in total. The summed E-state index contributed by atoms with van der Waals surface area (Å²) in [6, 6.07) is 5.99. The number of rotatable bonds is 2. The van der Waals surface area contributed by atoms with E-state index in [1.165, 1.54) is 5.56 Å². The lowest BCUT2D eigenvalue weighted by Crippen LogP contribution is -1.88. The van der Waals surface area contributed by atoms with Crippen LogP contribution in [0.25, 0.3) is 6.08 Å². The van der Waals surface area contributed by atoms with Crippen LogP contribution in [0.3, 0.4) is 0 Å². The molecule has 12 heavy (non-hydrogen) atoms. The largest absolute Gasteiger partial charge is 0.399 e. The van der Waals surface area contributed by atoms with Gasteiger partial charge in [-0.25, -0.2) is 0 Å². The predicted molar refractivity (Wildman–Crippen MR) is 58.5 cm³/mol. The highest BCUT2D eigenvalue weighted by Crippen LogP contribution is 2.13.